The molecule has 9 nitrogen and oxygen atoms in total. The highest BCUT2D eigenvalue weighted by molar-refractivity contribution is 6.26. The van der Waals surface area contributed by atoms with Gasteiger partial charge in [-0.3, -0.25) is 9.69 Å². The van der Waals surface area contributed by atoms with E-state index in [0.29, 0.717) is 25.9 Å². The van der Waals surface area contributed by atoms with Crippen molar-refractivity contribution < 1.29 is 38.1 Å². The first-order valence-electron chi connectivity index (χ1n) is 9.38. The van der Waals surface area contributed by atoms with Crippen LogP contribution in [0, 0.1) is 5.41 Å². The van der Waals surface area contributed by atoms with Crippen LogP contribution in [0.4, 0.5) is 0 Å². The topological polar surface area (TPSA) is 108 Å². The lowest BCUT2D eigenvalue weighted by Crippen LogP contribution is -2.58. The molecule has 0 N–H and O–H groups in total. The van der Waals surface area contributed by atoms with Gasteiger partial charge in [0.25, 0.3) is 5.60 Å². The van der Waals surface area contributed by atoms with Crippen molar-refractivity contribution in [1.82, 2.24) is 4.90 Å². The fraction of sp³-hybridized carbons (Fsp3) is 0.684. The molecule has 3 rings (SSSR count). The third-order valence-corrected chi connectivity index (χ3v) is 5.95. The molecule has 1 spiro atoms. The van der Waals surface area contributed by atoms with Gasteiger partial charge in [-0.25, -0.2) is 14.4 Å². The number of rotatable bonds is 7. The number of methoxy groups -OCH3 is 2. The summed E-state index contributed by atoms with van der Waals surface area (Å²) in [4.78, 5) is 53.9. The van der Waals surface area contributed by atoms with Crippen molar-refractivity contribution in [2.75, 3.05) is 33.9 Å². The summed E-state index contributed by atoms with van der Waals surface area (Å²) in [7, 11) is 2.21. The molecule has 28 heavy (non-hydrogen) atoms. The Kier molecular flexibility index (Phi) is 4.87. The second-order valence-electron chi connectivity index (χ2n) is 6.96. The van der Waals surface area contributed by atoms with Gasteiger partial charge in [0.05, 0.1) is 31.8 Å². The summed E-state index contributed by atoms with van der Waals surface area (Å²) in [6.45, 7) is 6.21. The first-order valence-corrected chi connectivity index (χ1v) is 9.38. The minimum atomic E-state index is -2.33. The lowest BCUT2D eigenvalue weighted by atomic mass is 9.69. The van der Waals surface area contributed by atoms with E-state index in [1.165, 1.54) is 0 Å². The molecule has 2 fully saturated rings. The molecule has 2 heterocycles. The summed E-state index contributed by atoms with van der Waals surface area (Å²) in [5.41, 5.74) is -5.57. The first-order chi connectivity index (χ1) is 13.3. The van der Waals surface area contributed by atoms with Crippen molar-refractivity contribution in [3.63, 3.8) is 0 Å². The Hall–Kier alpha value is -2.26. The molecule has 0 radical (unpaired) electrons. The lowest BCUT2D eigenvalue weighted by Gasteiger charge is -2.42. The van der Waals surface area contributed by atoms with Crippen LogP contribution in [0.1, 0.15) is 33.6 Å². The fourth-order valence-corrected chi connectivity index (χ4v) is 4.71. The fourth-order valence-electron chi connectivity index (χ4n) is 4.71. The molecule has 0 aromatic heterocycles. The number of fused-ring (bicyclic) bond motifs is 3. The minimum Gasteiger partial charge on any atom is -0.466 e. The van der Waals surface area contributed by atoms with E-state index in [-0.39, 0.29) is 12.2 Å². The van der Waals surface area contributed by atoms with E-state index in [1.807, 2.05) is 13.8 Å². The van der Waals surface area contributed by atoms with Gasteiger partial charge in [0.2, 0.25) is 0 Å². The van der Waals surface area contributed by atoms with Crippen LogP contribution in [-0.4, -0.2) is 73.8 Å². The Balaban J connectivity index is 2.42. The molecule has 2 bridgehead atoms. The van der Waals surface area contributed by atoms with Gasteiger partial charge in [0, 0.05) is 0 Å². The monoisotopic (exact) mass is 395 g/mol. The maximum absolute atomic E-state index is 13.5. The number of likely N-dealkylation sites (N-methyl/N-ethyl adjacent to an activating group) is 1. The van der Waals surface area contributed by atoms with E-state index in [4.69, 9.17) is 18.9 Å². The number of hydrogen-bond donors (Lipinski definition) is 0. The first kappa shape index (κ1) is 20.5. The van der Waals surface area contributed by atoms with Crippen LogP contribution in [0.5, 0.6) is 0 Å². The number of esters is 3. The zero-order valence-electron chi connectivity index (χ0n) is 16.7. The van der Waals surface area contributed by atoms with Crippen LogP contribution >= 0.6 is 0 Å². The van der Waals surface area contributed by atoms with E-state index >= 15 is 0 Å². The minimum absolute atomic E-state index is 0.0529. The number of carbonyl (C=O) groups is 4. The maximum Gasteiger partial charge on any atom is 0.351 e. The van der Waals surface area contributed by atoms with Crippen molar-refractivity contribution in [2.45, 2.75) is 44.9 Å². The van der Waals surface area contributed by atoms with E-state index in [9.17, 15) is 19.2 Å². The largest absolute Gasteiger partial charge is 0.466 e. The smallest absolute Gasteiger partial charge is 0.351 e. The molecule has 0 aromatic rings. The van der Waals surface area contributed by atoms with Gasteiger partial charge in [-0.15, -0.1) is 0 Å². The van der Waals surface area contributed by atoms with Crippen LogP contribution in [0.25, 0.3) is 0 Å². The Labute approximate surface area is 162 Å². The van der Waals surface area contributed by atoms with Gasteiger partial charge in [-0.1, -0.05) is 13.8 Å². The Morgan fingerprint density at radius 3 is 2.04 bits per heavy atom. The van der Waals surface area contributed by atoms with Gasteiger partial charge in [-0.05, 0) is 32.9 Å². The summed E-state index contributed by atoms with van der Waals surface area (Å²) in [5.74, 6) is -3.41. The quantitative estimate of drug-likeness (QED) is 0.343. The van der Waals surface area contributed by atoms with Crippen LogP contribution in [0.2, 0.25) is 0 Å². The molecule has 154 valence electrons. The summed E-state index contributed by atoms with van der Waals surface area (Å²) >= 11 is 0. The van der Waals surface area contributed by atoms with Crippen LogP contribution in [-0.2, 0) is 38.1 Å². The maximum atomic E-state index is 13.5. The molecule has 9 heteroatoms. The second-order valence-corrected chi connectivity index (χ2v) is 6.96. The third-order valence-electron chi connectivity index (χ3n) is 5.95. The zero-order chi connectivity index (χ0) is 20.9. The number of ether oxygens (including phenoxy) is 4. The highest BCUT2D eigenvalue weighted by atomic mass is 16.6. The lowest BCUT2D eigenvalue weighted by molar-refractivity contribution is -0.185. The van der Waals surface area contributed by atoms with Crippen molar-refractivity contribution in [1.29, 1.82) is 0 Å². The normalized spacial score (nSPS) is 29.4. The molecule has 1 saturated carbocycles. The Bertz CT molecular complexity index is 779. The van der Waals surface area contributed by atoms with Gasteiger partial charge >= 0.3 is 17.9 Å². The van der Waals surface area contributed by atoms with Crippen LogP contribution < -0.4 is 0 Å². The van der Waals surface area contributed by atoms with Crippen molar-refractivity contribution in [2.24, 2.45) is 5.41 Å². The molecule has 2 unspecified atom stereocenters. The third kappa shape index (κ3) is 2.08. The number of nitrogens with zero attached hydrogens (tertiary/aromatic N) is 1. The highest BCUT2D eigenvalue weighted by Crippen LogP contribution is 2.72. The van der Waals surface area contributed by atoms with Gasteiger partial charge in [0.1, 0.15) is 5.57 Å². The summed E-state index contributed by atoms with van der Waals surface area (Å²) in [6.07, 6.45) is 0.858. The molecule has 0 aromatic carbocycles. The van der Waals surface area contributed by atoms with Crippen molar-refractivity contribution in [3.8, 4) is 0 Å². The molecule has 2 atom stereocenters. The molecule has 3 aliphatic rings. The number of Topliss-reactive ketones (excluding diaryl/α,β-unsaturated/α-hetero) is 1. The predicted molar refractivity (Wildman–Crippen MR) is 93.8 cm³/mol. The number of hydrogen-bond acceptors (Lipinski definition) is 9. The van der Waals surface area contributed by atoms with Gasteiger partial charge < -0.3 is 18.9 Å². The molecule has 0 amide bonds. The summed E-state index contributed by atoms with van der Waals surface area (Å²) in [6, 6.07) is 0. The van der Waals surface area contributed by atoms with Crippen molar-refractivity contribution >= 4 is 23.7 Å². The number of ketones is 1. The van der Waals surface area contributed by atoms with Gasteiger partial charge in [-0.2, -0.15) is 0 Å². The zero-order valence-corrected chi connectivity index (χ0v) is 16.7. The molecule has 1 aliphatic carbocycles. The van der Waals surface area contributed by atoms with E-state index in [2.05, 4.69) is 0 Å². The SMILES string of the molecule is CCOC(=O)C1=C(C(=O)OC)C2(C(=O)OC)OC1(N(CC)CC)C1(CC1)C2=O. The van der Waals surface area contributed by atoms with Gasteiger partial charge in [0.15, 0.2) is 11.5 Å². The van der Waals surface area contributed by atoms with Crippen LogP contribution in [0.3, 0.4) is 0 Å². The van der Waals surface area contributed by atoms with E-state index < -0.39 is 46.0 Å². The van der Waals surface area contributed by atoms with E-state index in [0.717, 1.165) is 14.2 Å². The predicted octanol–water partition coefficient (Wildman–Crippen LogP) is 0.362. The molecular weight excluding hydrogens is 370 g/mol. The molecular formula is C19H25NO8. The molecule has 1 saturated heterocycles. The summed E-state index contributed by atoms with van der Waals surface area (Å²) in [5, 5.41) is 0. The average molecular weight is 395 g/mol. The highest BCUT2D eigenvalue weighted by Gasteiger charge is 2.88. The van der Waals surface area contributed by atoms with Crippen molar-refractivity contribution in [3.05, 3.63) is 11.1 Å². The second kappa shape index (κ2) is 6.66. The van der Waals surface area contributed by atoms with Crippen LogP contribution in [0.15, 0.2) is 11.1 Å². The average Bonchev–Trinajstić information content (AvgIpc) is 3.39. The number of carbonyl (C=O) groups excluding carboxylic acids is 4. The Morgan fingerprint density at radius 2 is 1.61 bits per heavy atom. The Morgan fingerprint density at radius 1 is 1.00 bits per heavy atom. The standard InChI is InChI=1S/C19H25NO8/c1-6-20(7-2)19-12(14(22)27-8-3)11(13(21)25-4)18(28-19,16(24)26-5)15(23)17(19)9-10-17/h6-10H2,1-5H3. The summed E-state index contributed by atoms with van der Waals surface area (Å²) < 4.78 is 21.1. The molecule has 2 aliphatic heterocycles. The van der Waals surface area contributed by atoms with E-state index in [1.54, 1.807) is 11.8 Å².